The highest BCUT2D eigenvalue weighted by atomic mass is 31.3. The Kier molecular flexibility index (Phi) is 15.8. The van der Waals surface area contributed by atoms with Crippen LogP contribution in [0.1, 0.15) is 18.7 Å². The summed E-state index contributed by atoms with van der Waals surface area (Å²) in [7, 11) is -19.5. The van der Waals surface area contributed by atoms with Crippen LogP contribution in [0, 0.1) is 5.92 Å². The maximum atomic E-state index is 13.7. The minimum absolute atomic E-state index is 0.0150. The first-order valence-electron chi connectivity index (χ1n) is 22.0. The fourth-order valence-electron chi connectivity index (χ4n) is 8.77. The van der Waals surface area contributed by atoms with Crippen LogP contribution in [-0.4, -0.2) is 178 Å². The van der Waals surface area contributed by atoms with Gasteiger partial charge in [0.2, 0.25) is 17.7 Å². The van der Waals surface area contributed by atoms with E-state index < -0.39 is 136 Å². The Morgan fingerprint density at radius 2 is 1.27 bits per heavy atom. The van der Waals surface area contributed by atoms with Gasteiger partial charge in [0.25, 0.3) is 17.1 Å². The fraction of sp³-hybridized carbons (Fsp3) is 0.559. The summed E-state index contributed by atoms with van der Waals surface area (Å²) < 4.78 is 115. The Morgan fingerprint density at radius 3 is 1.95 bits per heavy atom. The molecule has 39 nitrogen and oxygen atoms in total. The first-order chi connectivity index (χ1) is 36.2. The van der Waals surface area contributed by atoms with Crippen LogP contribution in [0.15, 0.2) is 34.9 Å². The van der Waals surface area contributed by atoms with Crippen molar-refractivity contribution in [3.8, 4) is 0 Å². The molecule has 3 aliphatic heterocycles. The van der Waals surface area contributed by atoms with E-state index in [2.05, 4.69) is 48.5 Å². The number of ether oxygens (including phenoxy) is 5. The molecule has 0 aromatic carbocycles. The van der Waals surface area contributed by atoms with Gasteiger partial charge in [0.1, 0.15) is 54.6 Å². The number of aryl methyl sites for hydroxylation is 1. The molecular weight excluding hydrogens is 1130 g/mol. The van der Waals surface area contributed by atoms with Crippen molar-refractivity contribution in [1.29, 1.82) is 0 Å². The number of fused-ring (bicyclic) bond motifs is 3. The zero-order valence-electron chi connectivity index (χ0n) is 39.6. The van der Waals surface area contributed by atoms with Crippen LogP contribution in [0.3, 0.4) is 0 Å². The number of phosphoric acid groups is 4. The third-order valence-corrected chi connectivity index (χ3v) is 17.3. The van der Waals surface area contributed by atoms with E-state index in [4.69, 9.17) is 59.0 Å². The molecule has 0 amide bonds. The maximum Gasteiger partial charge on any atom is 0.490 e. The van der Waals surface area contributed by atoms with E-state index in [1.54, 1.807) is 0 Å². The summed E-state index contributed by atoms with van der Waals surface area (Å²) in [5.74, 6) is -1.70. The summed E-state index contributed by atoms with van der Waals surface area (Å²) >= 11 is 0. The van der Waals surface area contributed by atoms with Crippen molar-refractivity contribution in [3.05, 3.63) is 46.0 Å². The zero-order chi connectivity index (χ0) is 55.7. The largest absolute Gasteiger partial charge is 0.490 e. The van der Waals surface area contributed by atoms with Gasteiger partial charge in [-0.15, -0.1) is 0 Å². The van der Waals surface area contributed by atoms with E-state index in [0.717, 1.165) is 30.7 Å². The van der Waals surface area contributed by atoms with Crippen LogP contribution < -0.4 is 32.9 Å². The first-order valence-corrected chi connectivity index (χ1v) is 28.0. The summed E-state index contributed by atoms with van der Waals surface area (Å²) in [6.07, 6.45) is -12.9. The number of hydrogen-bond donors (Lipinski definition) is 12. The molecule has 9 rings (SSSR count). The van der Waals surface area contributed by atoms with Crippen molar-refractivity contribution in [2.75, 3.05) is 57.8 Å². The molecule has 6 aromatic heterocycles. The number of aliphatic hydroxyl groups is 3. The number of nitrogens with zero attached hydrogens (tertiary/aromatic N) is 10. The molecule has 3 fully saturated rings. The highest BCUT2D eigenvalue weighted by molar-refractivity contribution is 7.66. The predicted molar refractivity (Wildman–Crippen MR) is 248 cm³/mol. The molecule has 0 bridgehead atoms. The topological polar surface area (TPSA) is 551 Å². The van der Waals surface area contributed by atoms with Gasteiger partial charge < -0.3 is 75.8 Å². The lowest BCUT2D eigenvalue weighted by Gasteiger charge is -2.26. The number of H-pyrrole nitrogens is 2. The van der Waals surface area contributed by atoms with Crippen LogP contribution in [0.25, 0.3) is 33.5 Å². The number of aliphatic hydroxyl groups excluding tert-OH is 3. The van der Waals surface area contributed by atoms with E-state index in [1.165, 1.54) is 34.2 Å². The SMILES string of the molecule is COC[C@@H]1C(O)[C@H]([n+]2cn(C)c3c(=O)[nH]c(N)nc32)O[C@@H]1COP(=O)(O)OP(=O)(O)OP(=O)(O)OC[C@H]1O[C@@H](n2cnc3c(N)ncnc32)[C@@H](OC)C1OP(=O)(O)OC[C@H]1O[C@@H](n2cnc3c(=O)[nH]c(N)nc32)[C@@H](O)C1O. The number of phosphoric ester groups is 3. The molecule has 9 heterocycles. The third kappa shape index (κ3) is 11.5. The Hall–Kier alpha value is -5.15. The van der Waals surface area contributed by atoms with Crippen LogP contribution >= 0.6 is 31.3 Å². The monoisotopic (exact) mass is 1170 g/mol. The quantitative estimate of drug-likeness (QED) is 0.0243. The molecule has 3 saturated heterocycles. The summed E-state index contributed by atoms with van der Waals surface area (Å²) in [5, 5.41) is 33.0. The van der Waals surface area contributed by atoms with Crippen LogP contribution in [0.5, 0.6) is 0 Å². The van der Waals surface area contributed by atoms with Gasteiger partial charge in [0, 0.05) is 20.1 Å². The zero-order valence-corrected chi connectivity index (χ0v) is 43.2. The lowest BCUT2D eigenvalue weighted by molar-refractivity contribution is -0.745. The molecule has 15 N–H and O–H groups in total. The van der Waals surface area contributed by atoms with Gasteiger partial charge in [-0.1, -0.05) is 4.98 Å². The standard InChI is InChI=1S/C34H47N15O24P4/c1-46-11-49(27-18(46)29(54)45-34(37)43-27)30-19(50)12(4-63-2)13(68-30)5-66-75(57,58)72-77(61,62)73-76(59,60)67-7-15-22(23(64-3)32(70-15)47-9-40-16-24(35)38-8-39-25(16)47)71-74(55,56)65-6-14-20(51)21(52)31(69-14)48-10-41-17-26(48)42-33(36)44-28(17)53/h8-15,19-23,30-32,50-52H,4-7H2,1-3H3,(H11-,35,36,37,38,39,42,43,44,45,53,54,55,56,57,58,59,60,61,62)/p+1/t12-,13+,14+,15+,19?,20?,21-,22?,23-,30+,31+,32+/m0/s1. The van der Waals surface area contributed by atoms with Gasteiger partial charge in [0.15, 0.2) is 41.4 Å². The molecule has 43 heteroatoms. The minimum atomic E-state index is -6.18. The van der Waals surface area contributed by atoms with Crippen molar-refractivity contribution in [2.45, 2.75) is 67.5 Å². The Morgan fingerprint density at radius 1 is 0.675 bits per heavy atom. The number of imidazole rings is 3. The van der Waals surface area contributed by atoms with Crippen molar-refractivity contribution >= 4 is 82.5 Å². The molecular formula is C34H48N15O24P4+. The third-order valence-electron chi connectivity index (χ3n) is 12.1. The molecule has 0 saturated carbocycles. The highest BCUT2D eigenvalue weighted by Gasteiger charge is 2.54. The van der Waals surface area contributed by atoms with Crippen LogP contribution in [-0.2, 0) is 75.7 Å². The fourth-order valence-corrected chi connectivity index (χ4v) is 13.3. The average molecular weight is 1170 g/mol. The number of methoxy groups -OCH3 is 2. The maximum absolute atomic E-state index is 13.7. The molecule has 0 aliphatic carbocycles. The Labute approximate surface area is 427 Å². The van der Waals surface area contributed by atoms with Crippen LogP contribution in [0.4, 0.5) is 17.7 Å². The second-order valence-electron chi connectivity index (χ2n) is 17.1. The summed E-state index contributed by atoms with van der Waals surface area (Å²) in [4.78, 5) is 96.4. The van der Waals surface area contributed by atoms with Crippen molar-refractivity contribution in [2.24, 2.45) is 13.0 Å². The molecule has 6 aromatic rings. The number of nitrogens with one attached hydrogen (secondary N) is 2. The number of nitrogens with two attached hydrogens (primary N) is 3. The van der Waals surface area contributed by atoms with Gasteiger partial charge in [-0.2, -0.15) is 13.6 Å². The summed E-state index contributed by atoms with van der Waals surface area (Å²) in [6, 6.07) is 0. The van der Waals surface area contributed by atoms with Crippen molar-refractivity contribution in [3.63, 3.8) is 0 Å². The van der Waals surface area contributed by atoms with E-state index in [0.29, 0.717) is 0 Å². The molecule has 0 radical (unpaired) electrons. The second kappa shape index (κ2) is 21.5. The van der Waals surface area contributed by atoms with Gasteiger partial charge in [-0.25, -0.2) is 42.8 Å². The molecule has 3 aliphatic rings. The van der Waals surface area contributed by atoms with Gasteiger partial charge >= 0.3 is 36.9 Å². The molecule has 16 atom stereocenters. The average Bonchev–Trinajstić information content (AvgIpc) is 4.21. The van der Waals surface area contributed by atoms with Gasteiger partial charge in [0.05, 0.1) is 52.2 Å². The highest BCUT2D eigenvalue weighted by Crippen LogP contribution is 2.68. The van der Waals surface area contributed by atoms with Gasteiger partial charge in [-0.05, 0) is 0 Å². The smallest absolute Gasteiger partial charge is 0.387 e. The van der Waals surface area contributed by atoms with E-state index in [1.807, 2.05) is 0 Å². The predicted octanol–water partition coefficient (Wildman–Crippen LogP) is -3.81. The van der Waals surface area contributed by atoms with E-state index >= 15 is 0 Å². The Bertz CT molecular complexity index is 3510. The van der Waals surface area contributed by atoms with Gasteiger partial charge in [-0.3, -0.25) is 51.4 Å². The number of aromatic nitrogens is 12. The number of hydrogen-bond acceptors (Lipinski definition) is 29. The number of nitrogen functional groups attached to an aromatic ring is 3. The lowest BCUT2D eigenvalue weighted by atomic mass is 9.99. The molecule has 7 unspecified atom stereocenters. The first kappa shape index (κ1) is 56.6. The van der Waals surface area contributed by atoms with Crippen molar-refractivity contribution in [1.82, 2.24) is 53.6 Å². The molecule has 77 heavy (non-hydrogen) atoms. The minimum Gasteiger partial charge on any atom is -0.387 e. The normalized spacial score (nSPS) is 30.0. The number of rotatable bonds is 21. The number of anilines is 3. The summed E-state index contributed by atoms with van der Waals surface area (Å²) in [5.41, 5.74) is 15.7. The molecule has 0 spiro atoms. The summed E-state index contributed by atoms with van der Waals surface area (Å²) in [6.45, 7) is -3.44. The van der Waals surface area contributed by atoms with E-state index in [9.17, 15) is 62.7 Å². The molecule has 422 valence electrons. The van der Waals surface area contributed by atoms with E-state index in [-0.39, 0.29) is 57.8 Å². The number of aromatic amines is 2. The van der Waals surface area contributed by atoms with Crippen LogP contribution in [0.2, 0.25) is 0 Å². The Balaban J connectivity index is 0.869. The van der Waals surface area contributed by atoms with Crippen molar-refractivity contribution < 1.29 is 108 Å². The second-order valence-corrected chi connectivity index (χ2v) is 23.1. The lowest BCUT2D eigenvalue weighted by Crippen LogP contribution is -2.45.